The van der Waals surface area contributed by atoms with Gasteiger partial charge in [0.15, 0.2) is 6.10 Å². The molecule has 0 saturated carbocycles. The molecular weight excluding hydrogens is 1020 g/mol. The van der Waals surface area contributed by atoms with Crippen molar-refractivity contribution in [1.82, 2.24) is 0 Å². The highest BCUT2D eigenvalue weighted by atomic mass is 16.6. The number of esters is 3. The fourth-order valence-corrected chi connectivity index (χ4v) is 9.53. The van der Waals surface area contributed by atoms with Crippen LogP contribution in [-0.2, 0) is 28.6 Å². The summed E-state index contributed by atoms with van der Waals surface area (Å²) in [5, 5.41) is 0. The first-order valence-electron chi connectivity index (χ1n) is 34.7. The Balaban J connectivity index is 4.38. The monoisotopic (exact) mass is 1150 g/mol. The van der Waals surface area contributed by atoms with Crippen LogP contribution < -0.4 is 0 Å². The summed E-state index contributed by atoms with van der Waals surface area (Å²) in [6.07, 6.45) is 98.9. The second kappa shape index (κ2) is 70.0. The van der Waals surface area contributed by atoms with Crippen molar-refractivity contribution in [3.05, 3.63) is 134 Å². The molecule has 0 bridgehead atoms. The Kier molecular flexibility index (Phi) is 66.3. The van der Waals surface area contributed by atoms with Gasteiger partial charge in [-0.15, -0.1) is 0 Å². The van der Waals surface area contributed by atoms with Gasteiger partial charge in [0.2, 0.25) is 0 Å². The number of unbranched alkanes of at least 4 members (excludes halogenated alkanes) is 29. The third-order valence-electron chi connectivity index (χ3n) is 14.7. The second-order valence-electron chi connectivity index (χ2n) is 22.7. The first kappa shape index (κ1) is 78.5. The average molecular weight is 1150 g/mol. The lowest BCUT2D eigenvalue weighted by Gasteiger charge is -2.18. The largest absolute Gasteiger partial charge is 0.462 e. The van der Waals surface area contributed by atoms with Crippen molar-refractivity contribution < 1.29 is 28.6 Å². The Morgan fingerprint density at radius 3 is 0.735 bits per heavy atom. The SMILES string of the molecule is CC/C=C\C/C=C\C/C=C\C/C=C\C/C=C\C/C=C\C/C=C\CCCCCCCCCC(=O)OCC(COC(=O)CCCCCCCCCCCCCCCCC)OC(=O)CCCCCCCCCC/C=C\C/C=C\C/C=C\C/C=C\CC. The van der Waals surface area contributed by atoms with E-state index in [-0.39, 0.29) is 31.1 Å². The summed E-state index contributed by atoms with van der Waals surface area (Å²) in [7, 11) is 0. The molecule has 0 aliphatic rings. The third kappa shape index (κ3) is 68.2. The zero-order valence-corrected chi connectivity index (χ0v) is 54.2. The molecule has 83 heavy (non-hydrogen) atoms. The van der Waals surface area contributed by atoms with E-state index in [2.05, 4.69) is 154 Å². The Hall–Kier alpha value is -4.45. The summed E-state index contributed by atoms with van der Waals surface area (Å²) in [4.78, 5) is 38.5. The van der Waals surface area contributed by atoms with Crippen molar-refractivity contribution in [2.75, 3.05) is 13.2 Å². The lowest BCUT2D eigenvalue weighted by molar-refractivity contribution is -0.167. The molecule has 6 heteroatoms. The summed E-state index contributed by atoms with van der Waals surface area (Å²) in [5.74, 6) is -0.895. The van der Waals surface area contributed by atoms with Crippen molar-refractivity contribution in [2.24, 2.45) is 0 Å². The number of hydrogen-bond donors (Lipinski definition) is 0. The maximum Gasteiger partial charge on any atom is 0.306 e. The van der Waals surface area contributed by atoms with Gasteiger partial charge < -0.3 is 14.2 Å². The van der Waals surface area contributed by atoms with E-state index in [4.69, 9.17) is 14.2 Å². The molecule has 1 atom stereocenters. The normalized spacial score (nSPS) is 13.0. The van der Waals surface area contributed by atoms with E-state index in [0.29, 0.717) is 19.3 Å². The number of ether oxygens (including phenoxy) is 3. The van der Waals surface area contributed by atoms with E-state index in [1.165, 1.54) is 135 Å². The fourth-order valence-electron chi connectivity index (χ4n) is 9.53. The standard InChI is InChI=1S/C77H128O6/c1-4-7-10-13-16-19-22-25-28-30-32-34-35-36-37-38-39-40-41-43-44-46-49-52-55-58-61-64-67-70-76(79)82-73-74(72-81-75(78)69-66-63-60-57-54-51-48-27-24-21-18-15-12-9-6-3)83-77(80)71-68-65-62-59-56-53-50-47-45-42-33-31-29-26-23-20-17-14-11-8-5-2/h7-8,10-11,16-17,19-20,25-26,28-29,32-34,36-37,39-40,42-44,74H,4-6,9,12-15,18,21-24,27,30-31,35,38,41,45-73H2,1-3H3/b10-7-,11-8-,19-16-,20-17-,28-25-,29-26-,34-32-,37-36-,40-39-,42-33-,44-43-. The van der Waals surface area contributed by atoms with Gasteiger partial charge in [0.05, 0.1) is 0 Å². The fraction of sp³-hybridized carbons (Fsp3) is 0.675. The molecule has 0 radical (unpaired) electrons. The Labute approximate surface area is 513 Å². The maximum absolute atomic E-state index is 13.0. The zero-order valence-electron chi connectivity index (χ0n) is 54.2. The van der Waals surface area contributed by atoms with Crippen molar-refractivity contribution in [3.63, 3.8) is 0 Å². The highest BCUT2D eigenvalue weighted by molar-refractivity contribution is 5.71. The van der Waals surface area contributed by atoms with E-state index >= 15 is 0 Å². The molecular formula is C77H128O6. The molecule has 0 aliphatic carbocycles. The van der Waals surface area contributed by atoms with Crippen LogP contribution in [0.2, 0.25) is 0 Å². The number of carbonyl (C=O) groups excluding carboxylic acids is 3. The Morgan fingerprint density at radius 2 is 0.470 bits per heavy atom. The molecule has 6 nitrogen and oxygen atoms in total. The first-order valence-corrected chi connectivity index (χ1v) is 34.7. The van der Waals surface area contributed by atoms with Crippen LogP contribution in [0.5, 0.6) is 0 Å². The summed E-state index contributed by atoms with van der Waals surface area (Å²) >= 11 is 0. The molecule has 472 valence electrons. The van der Waals surface area contributed by atoms with Crippen LogP contribution in [0.25, 0.3) is 0 Å². The van der Waals surface area contributed by atoms with Gasteiger partial charge in [0.25, 0.3) is 0 Å². The van der Waals surface area contributed by atoms with Crippen molar-refractivity contribution in [2.45, 2.75) is 322 Å². The lowest BCUT2D eigenvalue weighted by atomic mass is 10.0. The molecule has 0 heterocycles. The lowest BCUT2D eigenvalue weighted by Crippen LogP contribution is -2.30. The minimum Gasteiger partial charge on any atom is -0.462 e. The van der Waals surface area contributed by atoms with Crippen LogP contribution in [0.15, 0.2) is 134 Å². The van der Waals surface area contributed by atoms with Gasteiger partial charge in [-0.25, -0.2) is 0 Å². The second-order valence-corrected chi connectivity index (χ2v) is 22.7. The number of allylic oxidation sites excluding steroid dienone is 22. The van der Waals surface area contributed by atoms with Gasteiger partial charge in [-0.05, 0) is 116 Å². The van der Waals surface area contributed by atoms with Gasteiger partial charge in [-0.1, -0.05) is 315 Å². The van der Waals surface area contributed by atoms with E-state index in [1.54, 1.807) is 0 Å². The van der Waals surface area contributed by atoms with E-state index in [0.717, 1.165) is 141 Å². The predicted octanol–water partition coefficient (Wildman–Crippen LogP) is 24.1. The van der Waals surface area contributed by atoms with Crippen LogP contribution >= 0.6 is 0 Å². The smallest absolute Gasteiger partial charge is 0.306 e. The van der Waals surface area contributed by atoms with E-state index in [9.17, 15) is 14.4 Å². The molecule has 1 unspecified atom stereocenters. The Bertz CT molecular complexity index is 1750. The summed E-state index contributed by atoms with van der Waals surface area (Å²) in [5.41, 5.74) is 0. The van der Waals surface area contributed by atoms with Crippen molar-refractivity contribution in [3.8, 4) is 0 Å². The molecule has 0 aromatic carbocycles. The van der Waals surface area contributed by atoms with Crippen molar-refractivity contribution in [1.29, 1.82) is 0 Å². The molecule has 0 aromatic heterocycles. The summed E-state index contributed by atoms with van der Waals surface area (Å²) in [6.45, 7) is 6.43. The quantitative estimate of drug-likeness (QED) is 0.0261. The minimum absolute atomic E-state index is 0.0852. The Morgan fingerprint density at radius 1 is 0.253 bits per heavy atom. The number of rotatable bonds is 62. The van der Waals surface area contributed by atoms with Gasteiger partial charge in [-0.3, -0.25) is 14.4 Å². The average Bonchev–Trinajstić information content (AvgIpc) is 3.49. The predicted molar refractivity (Wildman–Crippen MR) is 362 cm³/mol. The van der Waals surface area contributed by atoms with Crippen LogP contribution in [0, 0.1) is 0 Å². The third-order valence-corrected chi connectivity index (χ3v) is 14.7. The number of hydrogen-bond acceptors (Lipinski definition) is 6. The topological polar surface area (TPSA) is 78.9 Å². The van der Waals surface area contributed by atoms with Crippen molar-refractivity contribution >= 4 is 17.9 Å². The number of carbonyl (C=O) groups is 3. The molecule has 0 spiro atoms. The highest BCUT2D eigenvalue weighted by Gasteiger charge is 2.19. The van der Waals surface area contributed by atoms with Gasteiger partial charge in [0, 0.05) is 19.3 Å². The highest BCUT2D eigenvalue weighted by Crippen LogP contribution is 2.16. The van der Waals surface area contributed by atoms with Crippen LogP contribution in [-0.4, -0.2) is 37.2 Å². The minimum atomic E-state index is -0.792. The molecule has 0 fully saturated rings. The molecule has 0 aromatic rings. The van der Waals surface area contributed by atoms with Gasteiger partial charge >= 0.3 is 17.9 Å². The molecule has 0 saturated heterocycles. The van der Waals surface area contributed by atoms with Crippen LogP contribution in [0.3, 0.4) is 0 Å². The van der Waals surface area contributed by atoms with Gasteiger partial charge in [-0.2, -0.15) is 0 Å². The van der Waals surface area contributed by atoms with Crippen LogP contribution in [0.4, 0.5) is 0 Å². The van der Waals surface area contributed by atoms with Gasteiger partial charge in [0.1, 0.15) is 13.2 Å². The molecule has 0 N–H and O–H groups in total. The summed E-state index contributed by atoms with van der Waals surface area (Å²) in [6, 6.07) is 0. The van der Waals surface area contributed by atoms with E-state index < -0.39 is 6.10 Å². The molecule has 0 amide bonds. The molecule has 0 aliphatic heterocycles. The van der Waals surface area contributed by atoms with E-state index in [1.807, 2.05) is 0 Å². The summed E-state index contributed by atoms with van der Waals surface area (Å²) < 4.78 is 17.0. The van der Waals surface area contributed by atoms with Crippen LogP contribution in [0.1, 0.15) is 316 Å². The first-order chi connectivity index (χ1) is 41.0. The zero-order chi connectivity index (χ0) is 59.9. The maximum atomic E-state index is 13.0. The molecule has 0 rings (SSSR count).